The van der Waals surface area contributed by atoms with Gasteiger partial charge in [0.2, 0.25) is 0 Å². The maximum atomic E-state index is 10.7. The molecule has 0 radical (unpaired) electrons. The molecule has 2 N–H and O–H groups in total. The molecule has 0 spiro atoms. The van der Waals surface area contributed by atoms with Crippen LogP contribution in [0.5, 0.6) is 0 Å². The Hall–Kier alpha value is -2.17. The predicted molar refractivity (Wildman–Crippen MR) is 64.8 cm³/mol. The van der Waals surface area contributed by atoms with E-state index < -0.39 is 4.92 Å². The molecule has 86 valence electrons. The Kier molecular flexibility index (Phi) is 2.01. The second kappa shape index (κ2) is 3.41. The van der Waals surface area contributed by atoms with Crippen molar-refractivity contribution in [2.24, 2.45) is 0 Å². The molecular formula is C12H11N3O2. The monoisotopic (exact) mass is 229 g/mol. The van der Waals surface area contributed by atoms with Crippen LogP contribution in [0, 0.1) is 10.1 Å². The molecule has 1 aromatic heterocycles. The number of aromatic nitrogens is 1. The molecule has 5 heteroatoms. The fourth-order valence-corrected chi connectivity index (χ4v) is 2.40. The maximum Gasteiger partial charge on any atom is 0.271 e. The summed E-state index contributed by atoms with van der Waals surface area (Å²) in [7, 11) is 0. The van der Waals surface area contributed by atoms with E-state index in [9.17, 15) is 10.1 Å². The van der Waals surface area contributed by atoms with Gasteiger partial charge in [0.25, 0.3) is 5.69 Å². The largest absolute Gasteiger partial charge is 0.398 e. The van der Waals surface area contributed by atoms with E-state index in [0.717, 1.165) is 41.6 Å². The number of fused-ring (bicyclic) bond motifs is 2. The zero-order valence-corrected chi connectivity index (χ0v) is 9.14. The average molecular weight is 229 g/mol. The SMILES string of the molecule is Nc1c2c(nc3cc([N+](=O)[O-])ccc13)CCC2. The molecule has 0 unspecified atom stereocenters. The number of nitro benzene ring substituents is 1. The van der Waals surface area contributed by atoms with Crippen LogP contribution in [0.15, 0.2) is 18.2 Å². The Morgan fingerprint density at radius 1 is 1.35 bits per heavy atom. The molecule has 0 aliphatic heterocycles. The molecule has 1 heterocycles. The van der Waals surface area contributed by atoms with E-state index in [1.807, 2.05) is 0 Å². The van der Waals surface area contributed by atoms with Crippen LogP contribution in [-0.2, 0) is 12.8 Å². The van der Waals surface area contributed by atoms with Gasteiger partial charge >= 0.3 is 0 Å². The highest BCUT2D eigenvalue weighted by molar-refractivity contribution is 5.93. The van der Waals surface area contributed by atoms with Gasteiger partial charge in [-0.3, -0.25) is 15.1 Å². The van der Waals surface area contributed by atoms with E-state index in [1.54, 1.807) is 6.07 Å². The summed E-state index contributed by atoms with van der Waals surface area (Å²) in [6, 6.07) is 4.65. The number of hydrogen-bond donors (Lipinski definition) is 1. The van der Waals surface area contributed by atoms with Crippen LogP contribution in [0.25, 0.3) is 10.9 Å². The van der Waals surface area contributed by atoms with Crippen molar-refractivity contribution in [3.63, 3.8) is 0 Å². The highest BCUT2D eigenvalue weighted by Crippen LogP contribution is 2.33. The van der Waals surface area contributed by atoms with Crippen molar-refractivity contribution in [2.75, 3.05) is 5.73 Å². The first-order chi connectivity index (χ1) is 8.16. The number of hydrogen-bond acceptors (Lipinski definition) is 4. The Balaban J connectivity index is 2.32. The number of nitro groups is 1. The van der Waals surface area contributed by atoms with Gasteiger partial charge in [0.1, 0.15) is 0 Å². The lowest BCUT2D eigenvalue weighted by Crippen LogP contribution is -1.99. The van der Waals surface area contributed by atoms with Crippen LogP contribution in [0.3, 0.4) is 0 Å². The van der Waals surface area contributed by atoms with E-state index in [1.165, 1.54) is 12.1 Å². The second-order valence-electron chi connectivity index (χ2n) is 4.26. The Morgan fingerprint density at radius 3 is 2.94 bits per heavy atom. The zero-order valence-electron chi connectivity index (χ0n) is 9.14. The minimum atomic E-state index is -0.412. The van der Waals surface area contributed by atoms with E-state index in [0.29, 0.717) is 5.52 Å². The van der Waals surface area contributed by atoms with Gasteiger partial charge in [-0.1, -0.05) is 0 Å². The highest BCUT2D eigenvalue weighted by Gasteiger charge is 2.19. The third-order valence-corrected chi connectivity index (χ3v) is 3.25. The first kappa shape index (κ1) is 10.0. The van der Waals surface area contributed by atoms with E-state index in [-0.39, 0.29) is 5.69 Å². The zero-order chi connectivity index (χ0) is 12.0. The molecule has 0 saturated heterocycles. The number of non-ortho nitro benzene ring substituents is 1. The summed E-state index contributed by atoms with van der Waals surface area (Å²) >= 11 is 0. The van der Waals surface area contributed by atoms with Gasteiger partial charge in [-0.15, -0.1) is 0 Å². The highest BCUT2D eigenvalue weighted by atomic mass is 16.6. The number of benzene rings is 1. The topological polar surface area (TPSA) is 82.0 Å². The van der Waals surface area contributed by atoms with Crippen LogP contribution in [0.4, 0.5) is 11.4 Å². The number of anilines is 1. The number of pyridine rings is 1. The summed E-state index contributed by atoms with van der Waals surface area (Å²) in [5.41, 5.74) is 9.61. The summed E-state index contributed by atoms with van der Waals surface area (Å²) in [6.45, 7) is 0. The predicted octanol–water partition coefficient (Wildman–Crippen LogP) is 2.21. The third-order valence-electron chi connectivity index (χ3n) is 3.25. The van der Waals surface area contributed by atoms with Gasteiger partial charge in [0, 0.05) is 28.9 Å². The van der Waals surface area contributed by atoms with Crippen LogP contribution in [0.1, 0.15) is 17.7 Å². The molecule has 1 aromatic carbocycles. The fourth-order valence-electron chi connectivity index (χ4n) is 2.40. The molecule has 17 heavy (non-hydrogen) atoms. The van der Waals surface area contributed by atoms with E-state index in [4.69, 9.17) is 5.73 Å². The van der Waals surface area contributed by atoms with Gasteiger partial charge in [0.15, 0.2) is 0 Å². The van der Waals surface area contributed by atoms with Crippen LogP contribution in [-0.4, -0.2) is 9.91 Å². The van der Waals surface area contributed by atoms with Gasteiger partial charge in [-0.25, -0.2) is 0 Å². The molecule has 0 amide bonds. The van der Waals surface area contributed by atoms with Crippen molar-refractivity contribution in [1.29, 1.82) is 0 Å². The third kappa shape index (κ3) is 1.43. The first-order valence-electron chi connectivity index (χ1n) is 5.52. The Labute approximate surface area is 97.4 Å². The molecule has 0 fully saturated rings. The Bertz CT molecular complexity index is 637. The summed E-state index contributed by atoms with van der Waals surface area (Å²) in [5, 5.41) is 11.5. The standard InChI is InChI=1S/C12H11N3O2/c13-12-8-2-1-3-10(8)14-11-6-7(15(16)17)4-5-9(11)12/h4-6H,1-3H2,(H2,13,14). The van der Waals surface area contributed by atoms with E-state index >= 15 is 0 Å². The summed E-state index contributed by atoms with van der Waals surface area (Å²) in [6.07, 6.45) is 2.93. The molecule has 1 aliphatic rings. The summed E-state index contributed by atoms with van der Waals surface area (Å²) < 4.78 is 0. The minimum absolute atomic E-state index is 0.0577. The average Bonchev–Trinajstić information content (AvgIpc) is 2.77. The molecule has 2 aromatic rings. The lowest BCUT2D eigenvalue weighted by atomic mass is 10.1. The van der Waals surface area contributed by atoms with Gasteiger partial charge in [-0.05, 0) is 30.9 Å². The Morgan fingerprint density at radius 2 is 2.18 bits per heavy atom. The lowest BCUT2D eigenvalue weighted by Gasteiger charge is -2.07. The first-order valence-corrected chi connectivity index (χ1v) is 5.52. The van der Waals surface area contributed by atoms with Crippen LogP contribution < -0.4 is 5.73 Å². The van der Waals surface area contributed by atoms with Crippen LogP contribution in [0.2, 0.25) is 0 Å². The number of nitrogen functional groups attached to an aromatic ring is 1. The van der Waals surface area contributed by atoms with Crippen LogP contribution >= 0.6 is 0 Å². The van der Waals surface area contributed by atoms with Crippen molar-refractivity contribution in [1.82, 2.24) is 4.98 Å². The molecule has 0 saturated carbocycles. The smallest absolute Gasteiger partial charge is 0.271 e. The number of nitrogens with two attached hydrogens (primary N) is 1. The molecule has 0 atom stereocenters. The minimum Gasteiger partial charge on any atom is -0.398 e. The number of rotatable bonds is 1. The lowest BCUT2D eigenvalue weighted by molar-refractivity contribution is -0.384. The molecule has 0 bridgehead atoms. The van der Waals surface area contributed by atoms with Gasteiger partial charge < -0.3 is 5.73 Å². The summed E-state index contributed by atoms with van der Waals surface area (Å²) in [4.78, 5) is 14.8. The normalized spacial score (nSPS) is 13.9. The van der Waals surface area contributed by atoms with Gasteiger partial charge in [-0.2, -0.15) is 0 Å². The molecule has 1 aliphatic carbocycles. The van der Waals surface area contributed by atoms with Crippen molar-refractivity contribution in [2.45, 2.75) is 19.3 Å². The maximum absolute atomic E-state index is 10.7. The fraction of sp³-hybridized carbons (Fsp3) is 0.250. The molecular weight excluding hydrogens is 218 g/mol. The number of aryl methyl sites for hydroxylation is 1. The molecule has 3 rings (SSSR count). The van der Waals surface area contributed by atoms with Crippen molar-refractivity contribution < 1.29 is 4.92 Å². The summed E-state index contributed by atoms with van der Waals surface area (Å²) in [5.74, 6) is 0. The second-order valence-corrected chi connectivity index (χ2v) is 4.26. The van der Waals surface area contributed by atoms with Crippen molar-refractivity contribution in [3.05, 3.63) is 39.6 Å². The molecule has 5 nitrogen and oxygen atoms in total. The van der Waals surface area contributed by atoms with E-state index in [2.05, 4.69) is 4.98 Å². The number of nitrogens with zero attached hydrogens (tertiary/aromatic N) is 2. The quantitative estimate of drug-likeness (QED) is 0.600. The van der Waals surface area contributed by atoms with Crippen molar-refractivity contribution >= 4 is 22.3 Å². The van der Waals surface area contributed by atoms with Gasteiger partial charge in [0.05, 0.1) is 10.4 Å². The van der Waals surface area contributed by atoms with Crippen molar-refractivity contribution in [3.8, 4) is 0 Å².